The van der Waals surface area contributed by atoms with E-state index in [1.54, 1.807) is 18.7 Å². The Morgan fingerprint density at radius 3 is 2.70 bits per heavy atom. The first-order valence-corrected chi connectivity index (χ1v) is 8.16. The van der Waals surface area contributed by atoms with Crippen molar-refractivity contribution in [2.45, 2.75) is 36.4 Å². The van der Waals surface area contributed by atoms with Crippen molar-refractivity contribution < 1.29 is 8.78 Å². The van der Waals surface area contributed by atoms with Crippen molar-refractivity contribution in [3.8, 4) is 0 Å². The van der Waals surface area contributed by atoms with Gasteiger partial charge in [0, 0.05) is 17.4 Å². The highest BCUT2D eigenvalue weighted by molar-refractivity contribution is 8.00. The molecule has 1 aromatic carbocycles. The van der Waals surface area contributed by atoms with Gasteiger partial charge in [-0.3, -0.25) is 0 Å². The molecule has 20 heavy (non-hydrogen) atoms. The van der Waals surface area contributed by atoms with Crippen LogP contribution in [0.15, 0.2) is 12.1 Å². The summed E-state index contributed by atoms with van der Waals surface area (Å²) in [6.45, 7) is 2.49. The Hall–Kier alpha value is -0.810. The highest BCUT2D eigenvalue weighted by atomic mass is 35.5. The van der Waals surface area contributed by atoms with E-state index in [-0.39, 0.29) is 15.6 Å². The summed E-state index contributed by atoms with van der Waals surface area (Å²) in [5.74, 6) is -0.614. The Morgan fingerprint density at radius 2 is 2.15 bits per heavy atom. The minimum Gasteiger partial charge on any atom is -0.325 e. The van der Waals surface area contributed by atoms with Crippen LogP contribution in [0.1, 0.15) is 31.0 Å². The maximum Gasteiger partial charge on any atom is 0.153 e. The Bertz CT molecular complexity index is 665. The Balaban J connectivity index is 2.18. The van der Waals surface area contributed by atoms with Crippen LogP contribution in [-0.4, -0.2) is 20.6 Å². The molecule has 0 radical (unpaired) electrons. The predicted molar refractivity (Wildman–Crippen MR) is 79.4 cm³/mol. The van der Waals surface area contributed by atoms with Crippen molar-refractivity contribution in [3.63, 3.8) is 0 Å². The summed E-state index contributed by atoms with van der Waals surface area (Å²) < 4.78 is 29.4. The number of halogens is 3. The summed E-state index contributed by atoms with van der Waals surface area (Å²) in [5, 5.41) is -0.345. The molecule has 0 spiro atoms. The molecule has 1 aliphatic rings. The van der Waals surface area contributed by atoms with Crippen molar-refractivity contribution in [2.24, 2.45) is 0 Å². The standard InChI is InChI=1S/C14H15ClF2N2S/c1-8(15)13-18-12-10(17)5-9(16)6-11(12)19(13)7-14(20-2)3-4-14/h5-6,8H,3-4,7H2,1-2H3. The van der Waals surface area contributed by atoms with Gasteiger partial charge in [0.2, 0.25) is 0 Å². The van der Waals surface area contributed by atoms with Crippen molar-refractivity contribution >= 4 is 34.4 Å². The van der Waals surface area contributed by atoms with E-state index in [0.29, 0.717) is 17.9 Å². The number of hydrogen-bond acceptors (Lipinski definition) is 2. The summed E-state index contributed by atoms with van der Waals surface area (Å²) in [4.78, 5) is 4.28. The molecule has 6 heteroatoms. The molecule has 0 aliphatic heterocycles. The van der Waals surface area contributed by atoms with E-state index < -0.39 is 11.6 Å². The molecule has 1 unspecified atom stereocenters. The van der Waals surface area contributed by atoms with Crippen molar-refractivity contribution in [1.82, 2.24) is 9.55 Å². The summed E-state index contributed by atoms with van der Waals surface area (Å²) >= 11 is 7.95. The monoisotopic (exact) mass is 316 g/mol. The van der Waals surface area contributed by atoms with Gasteiger partial charge < -0.3 is 4.57 Å². The van der Waals surface area contributed by atoms with Crippen LogP contribution in [0.3, 0.4) is 0 Å². The fraction of sp³-hybridized carbons (Fsp3) is 0.500. The van der Waals surface area contributed by atoms with Gasteiger partial charge in [-0.1, -0.05) is 0 Å². The minimum atomic E-state index is -0.633. The largest absolute Gasteiger partial charge is 0.325 e. The summed E-state index contributed by atoms with van der Waals surface area (Å²) in [5.41, 5.74) is 0.691. The maximum atomic E-state index is 13.9. The van der Waals surface area contributed by atoms with E-state index in [4.69, 9.17) is 11.6 Å². The van der Waals surface area contributed by atoms with E-state index in [2.05, 4.69) is 11.2 Å². The molecule has 1 saturated carbocycles. The van der Waals surface area contributed by atoms with Crippen LogP contribution in [0.5, 0.6) is 0 Å². The first-order chi connectivity index (χ1) is 9.46. The zero-order chi connectivity index (χ0) is 14.5. The number of aromatic nitrogens is 2. The molecule has 1 aromatic heterocycles. The van der Waals surface area contributed by atoms with Crippen LogP contribution in [-0.2, 0) is 6.54 Å². The predicted octanol–water partition coefficient (Wildman–Crippen LogP) is 4.51. The Labute approximate surface area is 125 Å². The molecule has 0 amide bonds. The molecule has 0 N–H and O–H groups in total. The SMILES string of the molecule is CSC1(Cn2c(C(C)Cl)nc3c(F)cc(F)cc32)CC1. The highest BCUT2D eigenvalue weighted by Crippen LogP contribution is 2.49. The number of alkyl halides is 1. The lowest BCUT2D eigenvalue weighted by Crippen LogP contribution is -2.16. The molecule has 1 fully saturated rings. The number of rotatable bonds is 4. The second kappa shape index (κ2) is 4.88. The van der Waals surface area contributed by atoms with E-state index >= 15 is 0 Å². The second-order valence-electron chi connectivity index (χ2n) is 5.31. The maximum absolute atomic E-state index is 13.9. The molecular weight excluding hydrogens is 302 g/mol. The van der Waals surface area contributed by atoms with Crippen LogP contribution in [0.25, 0.3) is 11.0 Å². The first-order valence-electron chi connectivity index (χ1n) is 6.50. The quantitative estimate of drug-likeness (QED) is 0.772. The molecule has 1 atom stereocenters. The van der Waals surface area contributed by atoms with Crippen LogP contribution in [0, 0.1) is 11.6 Å². The molecule has 1 aliphatic carbocycles. The molecule has 1 heterocycles. The number of benzene rings is 1. The molecular formula is C14H15ClF2N2S. The van der Waals surface area contributed by atoms with Gasteiger partial charge in [-0.2, -0.15) is 11.8 Å². The summed E-state index contributed by atoms with van der Waals surface area (Å²) in [6.07, 6.45) is 4.29. The number of imidazole rings is 1. The topological polar surface area (TPSA) is 17.8 Å². The molecule has 108 valence electrons. The van der Waals surface area contributed by atoms with Gasteiger partial charge in [-0.05, 0) is 32.1 Å². The Kier molecular flexibility index (Phi) is 3.45. The van der Waals surface area contributed by atoms with Gasteiger partial charge in [0.25, 0.3) is 0 Å². The number of thioether (sulfide) groups is 1. The first kappa shape index (κ1) is 14.1. The fourth-order valence-corrected chi connectivity index (χ4v) is 3.43. The molecule has 3 rings (SSSR count). The fourth-order valence-electron chi connectivity index (χ4n) is 2.49. The number of nitrogens with zero attached hydrogens (tertiary/aromatic N) is 2. The zero-order valence-corrected chi connectivity index (χ0v) is 12.9. The number of hydrogen-bond donors (Lipinski definition) is 0. The van der Waals surface area contributed by atoms with E-state index in [1.807, 2.05) is 4.57 Å². The third-order valence-corrected chi connectivity index (χ3v) is 5.44. The van der Waals surface area contributed by atoms with E-state index in [9.17, 15) is 8.78 Å². The van der Waals surface area contributed by atoms with E-state index in [1.165, 1.54) is 6.07 Å². The van der Waals surface area contributed by atoms with Gasteiger partial charge in [0.15, 0.2) is 5.82 Å². The van der Waals surface area contributed by atoms with E-state index in [0.717, 1.165) is 18.9 Å². The van der Waals surface area contributed by atoms with Gasteiger partial charge >= 0.3 is 0 Å². The lowest BCUT2D eigenvalue weighted by molar-refractivity contribution is 0.589. The van der Waals surface area contributed by atoms with Crippen LogP contribution >= 0.6 is 23.4 Å². The molecule has 2 aromatic rings. The van der Waals surface area contributed by atoms with Crippen molar-refractivity contribution in [3.05, 3.63) is 29.6 Å². The highest BCUT2D eigenvalue weighted by Gasteiger charge is 2.43. The van der Waals surface area contributed by atoms with Crippen molar-refractivity contribution in [1.29, 1.82) is 0 Å². The van der Waals surface area contributed by atoms with Gasteiger partial charge in [-0.15, -0.1) is 11.6 Å². The van der Waals surface area contributed by atoms with Gasteiger partial charge in [-0.25, -0.2) is 13.8 Å². The average molecular weight is 317 g/mol. The normalized spacial score (nSPS) is 18.4. The molecule has 2 nitrogen and oxygen atoms in total. The molecule has 0 bridgehead atoms. The smallest absolute Gasteiger partial charge is 0.153 e. The minimum absolute atomic E-state index is 0.164. The van der Waals surface area contributed by atoms with Gasteiger partial charge in [0.05, 0.1) is 10.9 Å². The summed E-state index contributed by atoms with van der Waals surface area (Å²) in [6, 6.07) is 2.20. The third-order valence-electron chi connectivity index (χ3n) is 3.84. The Morgan fingerprint density at radius 1 is 1.45 bits per heavy atom. The van der Waals surface area contributed by atoms with Crippen molar-refractivity contribution in [2.75, 3.05) is 6.26 Å². The third kappa shape index (κ3) is 2.31. The van der Waals surface area contributed by atoms with Gasteiger partial charge in [0.1, 0.15) is 17.2 Å². The average Bonchev–Trinajstić information content (AvgIpc) is 3.06. The zero-order valence-electron chi connectivity index (χ0n) is 11.3. The second-order valence-corrected chi connectivity index (χ2v) is 7.24. The lowest BCUT2D eigenvalue weighted by atomic mass is 10.3. The lowest BCUT2D eigenvalue weighted by Gasteiger charge is -2.17. The van der Waals surface area contributed by atoms with Crippen LogP contribution < -0.4 is 0 Å². The van der Waals surface area contributed by atoms with Crippen LogP contribution in [0.2, 0.25) is 0 Å². The number of fused-ring (bicyclic) bond motifs is 1. The summed E-state index contributed by atoms with van der Waals surface area (Å²) in [7, 11) is 0. The molecule has 0 saturated heterocycles. The van der Waals surface area contributed by atoms with Crippen LogP contribution in [0.4, 0.5) is 8.78 Å².